The van der Waals surface area contributed by atoms with E-state index in [1.54, 1.807) is 11.7 Å². The van der Waals surface area contributed by atoms with Gasteiger partial charge in [0.15, 0.2) is 5.65 Å². The second-order valence-electron chi connectivity index (χ2n) is 6.26. The zero-order valence-electron chi connectivity index (χ0n) is 14.6. The van der Waals surface area contributed by atoms with Crippen LogP contribution < -0.4 is 11.2 Å². The van der Waals surface area contributed by atoms with Crippen molar-refractivity contribution >= 4 is 11.0 Å². The van der Waals surface area contributed by atoms with E-state index in [1.807, 2.05) is 60.7 Å². The van der Waals surface area contributed by atoms with E-state index in [9.17, 15) is 9.59 Å². The first-order valence-electron chi connectivity index (χ1n) is 8.34. The van der Waals surface area contributed by atoms with E-state index in [2.05, 4.69) is 5.10 Å². The third kappa shape index (κ3) is 2.47. The van der Waals surface area contributed by atoms with E-state index < -0.39 is 0 Å². The lowest BCUT2D eigenvalue weighted by molar-refractivity contribution is 0.677. The van der Waals surface area contributed by atoms with Crippen LogP contribution in [0.4, 0.5) is 0 Å². The summed E-state index contributed by atoms with van der Waals surface area (Å²) >= 11 is 0. The molecule has 4 rings (SSSR count). The summed E-state index contributed by atoms with van der Waals surface area (Å²) < 4.78 is 4.35. The van der Waals surface area contributed by atoms with Crippen molar-refractivity contribution in [1.29, 1.82) is 0 Å². The first kappa shape index (κ1) is 16.1. The third-order valence-corrected chi connectivity index (χ3v) is 4.57. The van der Waals surface area contributed by atoms with Crippen molar-refractivity contribution in [2.75, 3.05) is 0 Å². The largest absolute Gasteiger partial charge is 0.332 e. The Bertz CT molecular complexity index is 1200. The summed E-state index contributed by atoms with van der Waals surface area (Å²) in [6.45, 7) is 0.511. The van der Waals surface area contributed by atoms with Crippen molar-refractivity contribution in [3.8, 4) is 11.3 Å². The highest BCUT2D eigenvalue weighted by molar-refractivity contribution is 5.90. The molecule has 0 fully saturated rings. The first-order valence-corrected chi connectivity index (χ1v) is 8.34. The summed E-state index contributed by atoms with van der Waals surface area (Å²) in [5.74, 6) is 0. The van der Waals surface area contributed by atoms with Crippen LogP contribution in [0, 0.1) is 0 Å². The maximum Gasteiger partial charge on any atom is 0.332 e. The zero-order valence-corrected chi connectivity index (χ0v) is 14.6. The average Bonchev–Trinajstić information content (AvgIpc) is 3.05. The Morgan fingerprint density at radius 2 is 1.46 bits per heavy atom. The lowest BCUT2D eigenvalue weighted by Crippen LogP contribution is -2.36. The van der Waals surface area contributed by atoms with Crippen LogP contribution >= 0.6 is 0 Å². The highest BCUT2D eigenvalue weighted by Gasteiger charge is 2.20. The van der Waals surface area contributed by atoms with Gasteiger partial charge in [-0.2, -0.15) is 5.10 Å². The molecular weight excluding hydrogens is 328 g/mol. The van der Waals surface area contributed by atoms with Crippen LogP contribution in [-0.2, 0) is 20.6 Å². The molecule has 26 heavy (non-hydrogen) atoms. The lowest BCUT2D eigenvalue weighted by Gasteiger charge is -2.08. The normalized spacial score (nSPS) is 11.2. The number of hydrogen-bond acceptors (Lipinski definition) is 3. The average molecular weight is 346 g/mol. The second-order valence-corrected chi connectivity index (χ2v) is 6.26. The Morgan fingerprint density at radius 3 is 2.12 bits per heavy atom. The Labute approximate surface area is 149 Å². The molecule has 2 aromatic heterocycles. The van der Waals surface area contributed by atoms with Gasteiger partial charge in [-0.25, -0.2) is 4.79 Å². The molecule has 2 aromatic carbocycles. The highest BCUT2D eigenvalue weighted by atomic mass is 16.2. The summed E-state index contributed by atoms with van der Waals surface area (Å²) in [5, 5.41) is 5.07. The molecule has 0 bridgehead atoms. The third-order valence-electron chi connectivity index (χ3n) is 4.57. The number of aromatic nitrogens is 4. The fourth-order valence-electron chi connectivity index (χ4n) is 3.21. The van der Waals surface area contributed by atoms with Crippen molar-refractivity contribution in [3.05, 3.63) is 87.1 Å². The summed E-state index contributed by atoms with van der Waals surface area (Å²) in [6, 6.07) is 19.6. The standard InChI is InChI=1S/C20H18N4O2/c1-22-18-16(19(25)23(2)20(22)26)17(15-11-7-4-8-12-15)24(21-18)13-14-9-5-3-6-10-14/h3-12H,13H2,1-2H3. The molecule has 0 atom stereocenters. The quantitative estimate of drug-likeness (QED) is 0.571. The van der Waals surface area contributed by atoms with E-state index in [0.29, 0.717) is 17.6 Å². The molecule has 4 aromatic rings. The van der Waals surface area contributed by atoms with Crippen LogP contribution in [0.2, 0.25) is 0 Å². The molecular formula is C20H18N4O2. The Hall–Kier alpha value is -3.41. The predicted octanol–water partition coefficient (Wildman–Crippen LogP) is 2.15. The molecule has 0 saturated heterocycles. The van der Waals surface area contributed by atoms with Crippen molar-refractivity contribution < 1.29 is 0 Å². The van der Waals surface area contributed by atoms with Gasteiger partial charge < -0.3 is 0 Å². The smallest absolute Gasteiger partial charge is 0.279 e. The minimum absolute atomic E-state index is 0.332. The minimum atomic E-state index is -0.383. The van der Waals surface area contributed by atoms with Crippen molar-refractivity contribution in [2.24, 2.45) is 14.1 Å². The fourth-order valence-corrected chi connectivity index (χ4v) is 3.21. The van der Waals surface area contributed by atoms with E-state index in [1.165, 1.54) is 11.6 Å². The van der Waals surface area contributed by atoms with Gasteiger partial charge in [-0.3, -0.25) is 18.6 Å². The van der Waals surface area contributed by atoms with E-state index in [4.69, 9.17) is 0 Å². The van der Waals surface area contributed by atoms with Crippen LogP contribution in [0.3, 0.4) is 0 Å². The molecule has 0 aliphatic heterocycles. The predicted molar refractivity (Wildman–Crippen MR) is 101 cm³/mol. The number of aryl methyl sites for hydroxylation is 1. The highest BCUT2D eigenvalue weighted by Crippen LogP contribution is 2.26. The summed E-state index contributed by atoms with van der Waals surface area (Å²) in [5.41, 5.74) is 2.36. The van der Waals surface area contributed by atoms with Crippen LogP contribution in [0.25, 0.3) is 22.3 Å². The SMILES string of the molecule is Cn1c(=O)c2c(-c3ccccc3)n(Cc3ccccc3)nc2n(C)c1=O. The summed E-state index contributed by atoms with van der Waals surface area (Å²) in [6.07, 6.45) is 0. The molecule has 0 radical (unpaired) electrons. The lowest BCUT2D eigenvalue weighted by atomic mass is 10.1. The molecule has 2 heterocycles. The molecule has 0 N–H and O–H groups in total. The molecule has 130 valence electrons. The van der Waals surface area contributed by atoms with Gasteiger partial charge in [0.25, 0.3) is 5.56 Å². The van der Waals surface area contributed by atoms with Gasteiger partial charge in [0.1, 0.15) is 5.39 Å². The molecule has 6 nitrogen and oxygen atoms in total. The van der Waals surface area contributed by atoms with E-state index in [-0.39, 0.29) is 11.2 Å². The molecule has 0 unspecified atom stereocenters. The molecule has 0 saturated carbocycles. The van der Waals surface area contributed by atoms with Crippen LogP contribution in [0.15, 0.2) is 70.3 Å². The fraction of sp³-hybridized carbons (Fsp3) is 0.150. The summed E-state index contributed by atoms with van der Waals surface area (Å²) in [4.78, 5) is 25.2. The monoisotopic (exact) mass is 346 g/mol. The number of hydrogen-bond donors (Lipinski definition) is 0. The van der Waals surface area contributed by atoms with Gasteiger partial charge in [-0.15, -0.1) is 0 Å². The van der Waals surface area contributed by atoms with E-state index in [0.717, 1.165) is 21.4 Å². The van der Waals surface area contributed by atoms with Gasteiger partial charge >= 0.3 is 5.69 Å². The van der Waals surface area contributed by atoms with Gasteiger partial charge in [0.2, 0.25) is 0 Å². The zero-order chi connectivity index (χ0) is 18.3. The van der Waals surface area contributed by atoms with Crippen LogP contribution in [0.1, 0.15) is 5.56 Å². The molecule has 0 aliphatic rings. The van der Waals surface area contributed by atoms with Gasteiger partial charge in [0.05, 0.1) is 12.2 Å². The Balaban J connectivity index is 2.08. The maximum atomic E-state index is 12.9. The van der Waals surface area contributed by atoms with Crippen LogP contribution in [0.5, 0.6) is 0 Å². The molecule has 0 spiro atoms. The molecule has 6 heteroatoms. The number of rotatable bonds is 3. The van der Waals surface area contributed by atoms with Crippen molar-refractivity contribution in [3.63, 3.8) is 0 Å². The summed E-state index contributed by atoms with van der Waals surface area (Å²) in [7, 11) is 3.13. The first-order chi connectivity index (χ1) is 12.6. The van der Waals surface area contributed by atoms with Gasteiger partial charge in [-0.05, 0) is 5.56 Å². The van der Waals surface area contributed by atoms with Crippen molar-refractivity contribution in [2.45, 2.75) is 6.54 Å². The number of fused-ring (bicyclic) bond motifs is 1. The molecule has 0 aliphatic carbocycles. The van der Waals surface area contributed by atoms with Crippen LogP contribution in [-0.4, -0.2) is 18.9 Å². The second kappa shape index (κ2) is 6.15. The van der Waals surface area contributed by atoms with E-state index >= 15 is 0 Å². The number of nitrogens with zero attached hydrogens (tertiary/aromatic N) is 4. The van der Waals surface area contributed by atoms with Gasteiger partial charge in [-0.1, -0.05) is 60.7 Å². The topological polar surface area (TPSA) is 61.8 Å². The minimum Gasteiger partial charge on any atom is -0.279 e. The Morgan fingerprint density at radius 1 is 0.846 bits per heavy atom. The molecule has 0 amide bonds. The maximum absolute atomic E-state index is 12.9. The van der Waals surface area contributed by atoms with Crippen molar-refractivity contribution in [1.82, 2.24) is 18.9 Å². The number of benzene rings is 2. The Kier molecular flexibility index (Phi) is 3.80. The van der Waals surface area contributed by atoms with Gasteiger partial charge in [0, 0.05) is 19.7 Å².